The molecule has 2 bridgehead atoms. The predicted molar refractivity (Wildman–Crippen MR) is 64.6 cm³/mol. The van der Waals surface area contributed by atoms with Gasteiger partial charge in [0.2, 0.25) is 0 Å². The van der Waals surface area contributed by atoms with Gasteiger partial charge in [0.1, 0.15) is 0 Å². The molecule has 15 heavy (non-hydrogen) atoms. The Balaban J connectivity index is 2.22. The summed E-state index contributed by atoms with van der Waals surface area (Å²) < 4.78 is 0. The van der Waals surface area contributed by atoms with Crippen molar-refractivity contribution >= 4 is 0 Å². The lowest BCUT2D eigenvalue weighted by atomic mass is 9.60. The lowest BCUT2D eigenvalue weighted by molar-refractivity contribution is 0.0623. The molecule has 0 aromatic carbocycles. The molecule has 2 fully saturated rings. The van der Waals surface area contributed by atoms with Crippen molar-refractivity contribution in [2.45, 2.75) is 46.5 Å². The first-order valence-electron chi connectivity index (χ1n) is 6.31. The molecule has 3 rings (SSSR count). The van der Waals surface area contributed by atoms with Crippen molar-refractivity contribution in [2.75, 3.05) is 0 Å². The highest BCUT2D eigenvalue weighted by atomic mass is 14.7. The fourth-order valence-corrected chi connectivity index (χ4v) is 4.94. The van der Waals surface area contributed by atoms with Crippen LogP contribution in [0.15, 0.2) is 24.3 Å². The fraction of sp³-hybridized carbons (Fsp3) is 0.733. The Morgan fingerprint density at radius 3 is 2.73 bits per heavy atom. The molecule has 2 saturated carbocycles. The predicted octanol–water partition coefficient (Wildman–Crippen LogP) is 4.34. The Bertz CT molecular complexity index is 364. The Morgan fingerprint density at radius 1 is 1.27 bits per heavy atom. The summed E-state index contributed by atoms with van der Waals surface area (Å²) in [6.45, 7) is 11.8. The van der Waals surface area contributed by atoms with Gasteiger partial charge >= 0.3 is 0 Å². The molecule has 0 aliphatic heterocycles. The standard InChI is InChI=1S/C15H22/c1-11-6-9-13(2)10-12(11)14(3)7-5-8-15(13,14)4/h6,9,12H,1,5,7-8,10H2,2-4H3/t12-,13-,14+,15+/m1/s1. The van der Waals surface area contributed by atoms with Gasteiger partial charge in [-0.3, -0.25) is 0 Å². The van der Waals surface area contributed by atoms with Gasteiger partial charge in [0.25, 0.3) is 0 Å². The molecule has 3 aliphatic rings. The highest BCUT2D eigenvalue weighted by Gasteiger charge is 2.67. The molecule has 0 amide bonds. The van der Waals surface area contributed by atoms with Crippen molar-refractivity contribution < 1.29 is 0 Å². The second kappa shape index (κ2) is 2.42. The molecule has 0 spiro atoms. The first kappa shape index (κ1) is 9.69. The van der Waals surface area contributed by atoms with Gasteiger partial charge in [-0.25, -0.2) is 0 Å². The molecule has 0 nitrogen and oxygen atoms in total. The van der Waals surface area contributed by atoms with E-state index in [-0.39, 0.29) is 0 Å². The molecule has 0 unspecified atom stereocenters. The Morgan fingerprint density at radius 2 is 2.00 bits per heavy atom. The van der Waals surface area contributed by atoms with Crippen LogP contribution in [0, 0.1) is 22.2 Å². The van der Waals surface area contributed by atoms with Gasteiger partial charge in [0.05, 0.1) is 0 Å². The van der Waals surface area contributed by atoms with Gasteiger partial charge in [0, 0.05) is 0 Å². The molecule has 0 N–H and O–H groups in total. The summed E-state index contributed by atoms with van der Waals surface area (Å²) in [5.74, 6) is 0.750. The van der Waals surface area contributed by atoms with Gasteiger partial charge in [-0.15, -0.1) is 0 Å². The Kier molecular flexibility index (Phi) is 1.56. The van der Waals surface area contributed by atoms with E-state index in [1.54, 1.807) is 0 Å². The van der Waals surface area contributed by atoms with E-state index in [0.29, 0.717) is 16.2 Å². The van der Waals surface area contributed by atoms with Crippen LogP contribution < -0.4 is 0 Å². The van der Waals surface area contributed by atoms with E-state index < -0.39 is 0 Å². The smallest absolute Gasteiger partial charge is 0.00781 e. The van der Waals surface area contributed by atoms with Crippen molar-refractivity contribution in [1.29, 1.82) is 0 Å². The maximum atomic E-state index is 4.27. The third kappa shape index (κ3) is 0.822. The summed E-state index contributed by atoms with van der Waals surface area (Å²) in [5, 5.41) is 0. The third-order valence-electron chi connectivity index (χ3n) is 6.40. The average molecular weight is 202 g/mol. The van der Waals surface area contributed by atoms with Crippen LogP contribution >= 0.6 is 0 Å². The monoisotopic (exact) mass is 202 g/mol. The van der Waals surface area contributed by atoms with Gasteiger partial charge in [0.15, 0.2) is 0 Å². The minimum atomic E-state index is 0.435. The molecule has 82 valence electrons. The molecular weight excluding hydrogens is 180 g/mol. The SMILES string of the molecule is C=C1C=C[C@]2(C)C[C@H]1[C@]1(C)CCC[C@]12C. The molecule has 0 radical (unpaired) electrons. The maximum Gasteiger partial charge on any atom is -0.00781 e. The summed E-state index contributed by atoms with van der Waals surface area (Å²) in [6.07, 6.45) is 10.3. The van der Waals surface area contributed by atoms with Gasteiger partial charge in [-0.1, -0.05) is 51.5 Å². The van der Waals surface area contributed by atoms with E-state index in [1.807, 2.05) is 0 Å². The molecule has 0 saturated heterocycles. The molecule has 3 aliphatic carbocycles. The first-order chi connectivity index (χ1) is 6.93. The second-order valence-corrected chi connectivity index (χ2v) is 6.69. The van der Waals surface area contributed by atoms with E-state index >= 15 is 0 Å². The highest BCUT2D eigenvalue weighted by Crippen LogP contribution is 2.75. The van der Waals surface area contributed by atoms with E-state index in [1.165, 1.54) is 31.3 Å². The number of allylic oxidation sites excluding steroid dienone is 3. The molecule has 0 aromatic heterocycles. The third-order valence-corrected chi connectivity index (χ3v) is 6.40. The van der Waals surface area contributed by atoms with Gasteiger partial charge in [-0.2, -0.15) is 0 Å². The number of fused-ring (bicyclic) bond motifs is 5. The summed E-state index contributed by atoms with van der Waals surface area (Å²) in [5.41, 5.74) is 2.85. The van der Waals surface area contributed by atoms with Crippen molar-refractivity contribution in [3.05, 3.63) is 24.3 Å². The van der Waals surface area contributed by atoms with E-state index in [9.17, 15) is 0 Å². The van der Waals surface area contributed by atoms with Crippen LogP contribution in [0.3, 0.4) is 0 Å². The molecule has 4 atom stereocenters. The van der Waals surface area contributed by atoms with Crippen molar-refractivity contribution in [2.24, 2.45) is 22.2 Å². The first-order valence-corrected chi connectivity index (χ1v) is 6.31. The van der Waals surface area contributed by atoms with Crippen LogP contribution in [-0.2, 0) is 0 Å². The zero-order chi connectivity index (χ0) is 10.9. The van der Waals surface area contributed by atoms with Crippen LogP contribution in [0.25, 0.3) is 0 Å². The second-order valence-electron chi connectivity index (χ2n) is 6.69. The van der Waals surface area contributed by atoms with E-state index in [2.05, 4.69) is 39.5 Å². The number of hydrogen-bond donors (Lipinski definition) is 0. The Labute approximate surface area is 93.5 Å². The maximum absolute atomic E-state index is 4.27. The molecule has 0 heterocycles. The Hall–Kier alpha value is -0.520. The summed E-state index contributed by atoms with van der Waals surface area (Å²) in [4.78, 5) is 0. The van der Waals surface area contributed by atoms with Crippen LogP contribution in [-0.4, -0.2) is 0 Å². The molecular formula is C15H22. The van der Waals surface area contributed by atoms with Crippen LogP contribution in [0.5, 0.6) is 0 Å². The summed E-state index contributed by atoms with van der Waals surface area (Å²) >= 11 is 0. The van der Waals surface area contributed by atoms with Crippen LogP contribution in [0.2, 0.25) is 0 Å². The van der Waals surface area contributed by atoms with Crippen molar-refractivity contribution in [1.82, 2.24) is 0 Å². The molecule has 0 heteroatoms. The van der Waals surface area contributed by atoms with E-state index in [0.717, 1.165) is 5.92 Å². The minimum absolute atomic E-state index is 0.435. The topological polar surface area (TPSA) is 0 Å². The van der Waals surface area contributed by atoms with Crippen molar-refractivity contribution in [3.8, 4) is 0 Å². The number of hydrogen-bond acceptors (Lipinski definition) is 0. The largest absolute Gasteiger partial charge is 0.0955 e. The zero-order valence-corrected chi connectivity index (χ0v) is 10.3. The summed E-state index contributed by atoms with van der Waals surface area (Å²) in [7, 11) is 0. The quantitative estimate of drug-likeness (QED) is 0.548. The highest BCUT2D eigenvalue weighted by molar-refractivity contribution is 5.37. The normalized spacial score (nSPS) is 57.3. The van der Waals surface area contributed by atoms with Crippen molar-refractivity contribution in [3.63, 3.8) is 0 Å². The van der Waals surface area contributed by atoms with Crippen LogP contribution in [0.4, 0.5) is 0 Å². The average Bonchev–Trinajstić information content (AvgIpc) is 2.55. The zero-order valence-electron chi connectivity index (χ0n) is 10.3. The van der Waals surface area contributed by atoms with Crippen LogP contribution in [0.1, 0.15) is 46.5 Å². The van der Waals surface area contributed by atoms with E-state index in [4.69, 9.17) is 0 Å². The molecule has 0 aromatic rings. The lowest BCUT2D eigenvalue weighted by Gasteiger charge is -2.44. The minimum Gasteiger partial charge on any atom is -0.0955 e. The number of rotatable bonds is 0. The van der Waals surface area contributed by atoms with Gasteiger partial charge < -0.3 is 0 Å². The van der Waals surface area contributed by atoms with Gasteiger partial charge in [-0.05, 0) is 41.4 Å². The lowest BCUT2D eigenvalue weighted by Crippen LogP contribution is -2.38. The summed E-state index contributed by atoms with van der Waals surface area (Å²) in [6, 6.07) is 0. The fourth-order valence-electron chi connectivity index (χ4n) is 4.94.